The molecular formula is C17H26OSi. The Labute approximate surface area is 118 Å². The van der Waals surface area contributed by atoms with Crippen LogP contribution in [0.2, 0.25) is 19.6 Å². The average Bonchev–Trinajstić information content (AvgIpc) is 3.08. The third-order valence-corrected chi connectivity index (χ3v) is 4.72. The van der Waals surface area contributed by atoms with E-state index in [0.717, 1.165) is 6.42 Å². The minimum absolute atomic E-state index is 0.502. The molecule has 2 rings (SSSR count). The molecule has 1 aromatic rings. The second kappa shape index (κ2) is 6.06. The Morgan fingerprint density at radius 2 is 2.00 bits per heavy atom. The lowest BCUT2D eigenvalue weighted by Crippen LogP contribution is -2.27. The van der Waals surface area contributed by atoms with Gasteiger partial charge in [-0.05, 0) is 56.3 Å². The fourth-order valence-corrected chi connectivity index (χ4v) is 4.01. The van der Waals surface area contributed by atoms with Crippen LogP contribution in [0.3, 0.4) is 0 Å². The Balaban J connectivity index is 2.02. The van der Waals surface area contributed by atoms with E-state index in [9.17, 15) is 0 Å². The molecule has 2 heteroatoms. The Morgan fingerprint density at radius 1 is 1.32 bits per heavy atom. The molecule has 0 aromatic heterocycles. The van der Waals surface area contributed by atoms with Gasteiger partial charge < -0.3 is 4.43 Å². The normalized spacial score (nSPS) is 23.9. The van der Waals surface area contributed by atoms with Crippen molar-refractivity contribution >= 4 is 8.32 Å². The van der Waals surface area contributed by atoms with E-state index in [2.05, 4.69) is 56.6 Å². The van der Waals surface area contributed by atoms with Crippen molar-refractivity contribution in [1.82, 2.24) is 0 Å². The number of rotatable bonds is 7. The van der Waals surface area contributed by atoms with Gasteiger partial charge in [-0.2, -0.15) is 0 Å². The van der Waals surface area contributed by atoms with Gasteiger partial charge in [0.25, 0.3) is 0 Å². The van der Waals surface area contributed by atoms with Crippen LogP contribution in [0.15, 0.2) is 43.0 Å². The summed E-state index contributed by atoms with van der Waals surface area (Å²) in [6.45, 7) is 10.7. The first-order chi connectivity index (χ1) is 9.01. The Bertz CT molecular complexity index is 407. The van der Waals surface area contributed by atoms with E-state index in [0.29, 0.717) is 17.9 Å². The fourth-order valence-electron chi connectivity index (χ4n) is 2.83. The SMILES string of the molecule is C=CCCC(c1ccccc1)C1CC1O[Si](C)(C)C. The number of hydrogen-bond acceptors (Lipinski definition) is 1. The van der Waals surface area contributed by atoms with E-state index in [-0.39, 0.29) is 0 Å². The van der Waals surface area contributed by atoms with E-state index in [1.807, 2.05) is 6.08 Å². The second-order valence-electron chi connectivity index (χ2n) is 6.55. The largest absolute Gasteiger partial charge is 0.414 e. The van der Waals surface area contributed by atoms with Crippen LogP contribution in [-0.2, 0) is 4.43 Å². The highest BCUT2D eigenvalue weighted by molar-refractivity contribution is 6.69. The van der Waals surface area contributed by atoms with Gasteiger partial charge in [-0.25, -0.2) is 0 Å². The summed E-state index contributed by atoms with van der Waals surface area (Å²) in [5.41, 5.74) is 1.47. The molecule has 104 valence electrons. The predicted molar refractivity (Wildman–Crippen MR) is 84.9 cm³/mol. The summed E-state index contributed by atoms with van der Waals surface area (Å²) in [7, 11) is -1.40. The maximum absolute atomic E-state index is 6.26. The molecule has 1 fully saturated rings. The molecule has 0 bridgehead atoms. The zero-order valence-electron chi connectivity index (χ0n) is 12.4. The molecule has 1 nitrogen and oxygen atoms in total. The Morgan fingerprint density at radius 3 is 2.58 bits per heavy atom. The standard InChI is InChI=1S/C17H26OSi/c1-5-6-12-15(14-10-8-7-9-11-14)16-13-17(16)18-19(2,3)4/h5,7-11,15-17H,1,6,12-13H2,2-4H3. The van der Waals surface area contributed by atoms with Gasteiger partial charge in [0.05, 0.1) is 0 Å². The lowest BCUT2D eigenvalue weighted by atomic mass is 9.89. The van der Waals surface area contributed by atoms with Gasteiger partial charge in [-0.15, -0.1) is 6.58 Å². The summed E-state index contributed by atoms with van der Waals surface area (Å²) in [5.74, 6) is 1.36. The van der Waals surface area contributed by atoms with Crippen LogP contribution >= 0.6 is 0 Å². The molecule has 0 radical (unpaired) electrons. The Kier molecular flexibility index (Phi) is 4.64. The van der Waals surface area contributed by atoms with Gasteiger partial charge >= 0.3 is 0 Å². The third kappa shape index (κ3) is 4.32. The molecule has 0 aliphatic heterocycles. The second-order valence-corrected chi connectivity index (χ2v) is 11.0. The molecule has 1 aromatic carbocycles. The molecule has 0 spiro atoms. The van der Waals surface area contributed by atoms with Crippen molar-refractivity contribution in [3.8, 4) is 0 Å². The van der Waals surface area contributed by atoms with Crippen LogP contribution in [0.4, 0.5) is 0 Å². The summed E-state index contributed by atoms with van der Waals surface area (Å²) in [5, 5.41) is 0. The van der Waals surface area contributed by atoms with Crippen molar-refractivity contribution < 1.29 is 4.43 Å². The van der Waals surface area contributed by atoms with Gasteiger partial charge in [0.1, 0.15) is 0 Å². The van der Waals surface area contributed by atoms with E-state index in [1.54, 1.807) is 0 Å². The highest BCUT2D eigenvalue weighted by Crippen LogP contribution is 2.48. The van der Waals surface area contributed by atoms with Crippen LogP contribution in [0.25, 0.3) is 0 Å². The van der Waals surface area contributed by atoms with Crippen molar-refractivity contribution in [2.75, 3.05) is 0 Å². The van der Waals surface area contributed by atoms with Crippen LogP contribution in [0.5, 0.6) is 0 Å². The predicted octanol–water partition coefficient (Wildman–Crippen LogP) is 4.98. The van der Waals surface area contributed by atoms with E-state index < -0.39 is 8.32 Å². The highest BCUT2D eigenvalue weighted by Gasteiger charge is 2.45. The van der Waals surface area contributed by atoms with Crippen molar-refractivity contribution in [2.45, 2.75) is 50.9 Å². The molecular weight excluding hydrogens is 248 g/mol. The lowest BCUT2D eigenvalue weighted by Gasteiger charge is -2.21. The van der Waals surface area contributed by atoms with Crippen LogP contribution in [0.1, 0.15) is 30.7 Å². The minimum atomic E-state index is -1.40. The quantitative estimate of drug-likeness (QED) is 0.503. The van der Waals surface area contributed by atoms with Crippen LogP contribution in [-0.4, -0.2) is 14.4 Å². The van der Waals surface area contributed by atoms with Crippen molar-refractivity contribution in [1.29, 1.82) is 0 Å². The minimum Gasteiger partial charge on any atom is -0.414 e. The molecule has 19 heavy (non-hydrogen) atoms. The first-order valence-corrected chi connectivity index (χ1v) is 10.8. The van der Waals surface area contributed by atoms with Gasteiger partial charge in [0, 0.05) is 6.10 Å². The summed E-state index contributed by atoms with van der Waals surface area (Å²) in [4.78, 5) is 0. The van der Waals surface area contributed by atoms with E-state index in [4.69, 9.17) is 4.43 Å². The molecule has 0 N–H and O–H groups in total. The molecule has 0 amide bonds. The van der Waals surface area contributed by atoms with E-state index >= 15 is 0 Å². The van der Waals surface area contributed by atoms with Gasteiger partial charge in [-0.3, -0.25) is 0 Å². The summed E-state index contributed by atoms with van der Waals surface area (Å²) in [6.07, 6.45) is 6.06. The van der Waals surface area contributed by atoms with Crippen molar-refractivity contribution in [2.24, 2.45) is 5.92 Å². The van der Waals surface area contributed by atoms with Crippen molar-refractivity contribution in [3.63, 3.8) is 0 Å². The van der Waals surface area contributed by atoms with E-state index in [1.165, 1.54) is 18.4 Å². The third-order valence-electron chi connectivity index (χ3n) is 3.71. The summed E-state index contributed by atoms with van der Waals surface area (Å²) >= 11 is 0. The molecule has 1 saturated carbocycles. The van der Waals surface area contributed by atoms with Gasteiger partial charge in [0.15, 0.2) is 8.32 Å². The molecule has 1 aliphatic carbocycles. The fraction of sp³-hybridized carbons (Fsp3) is 0.529. The first-order valence-electron chi connectivity index (χ1n) is 7.35. The molecule has 0 heterocycles. The molecule has 3 unspecified atom stereocenters. The number of hydrogen-bond donors (Lipinski definition) is 0. The van der Waals surface area contributed by atoms with Crippen LogP contribution < -0.4 is 0 Å². The zero-order chi connectivity index (χ0) is 13.9. The van der Waals surface area contributed by atoms with Gasteiger partial charge in [-0.1, -0.05) is 36.4 Å². The zero-order valence-corrected chi connectivity index (χ0v) is 13.4. The number of allylic oxidation sites excluding steroid dienone is 1. The van der Waals surface area contributed by atoms with Crippen molar-refractivity contribution in [3.05, 3.63) is 48.6 Å². The lowest BCUT2D eigenvalue weighted by molar-refractivity contribution is 0.266. The monoisotopic (exact) mass is 274 g/mol. The molecule has 1 aliphatic rings. The Hall–Kier alpha value is -0.863. The smallest absolute Gasteiger partial charge is 0.184 e. The molecule has 3 atom stereocenters. The first kappa shape index (κ1) is 14.5. The average molecular weight is 274 g/mol. The van der Waals surface area contributed by atoms with Gasteiger partial charge in [0.2, 0.25) is 0 Å². The molecule has 0 saturated heterocycles. The highest BCUT2D eigenvalue weighted by atomic mass is 28.4. The summed E-state index contributed by atoms with van der Waals surface area (Å²) in [6, 6.07) is 10.9. The van der Waals surface area contributed by atoms with Crippen LogP contribution in [0, 0.1) is 5.92 Å². The maximum Gasteiger partial charge on any atom is 0.184 e. The summed E-state index contributed by atoms with van der Waals surface area (Å²) < 4.78 is 6.26. The maximum atomic E-state index is 6.26. The number of benzene rings is 1. The topological polar surface area (TPSA) is 9.23 Å².